The highest BCUT2D eigenvalue weighted by Gasteiger charge is 2.24. The van der Waals surface area contributed by atoms with Crippen LogP contribution in [0.1, 0.15) is 39.7 Å². The summed E-state index contributed by atoms with van der Waals surface area (Å²) in [6.45, 7) is 4.36. The number of thioether (sulfide) groups is 1. The predicted molar refractivity (Wildman–Crippen MR) is 132 cm³/mol. The van der Waals surface area contributed by atoms with Crippen LogP contribution in [-0.4, -0.2) is 31.8 Å². The van der Waals surface area contributed by atoms with Crippen LogP contribution in [0.4, 0.5) is 5.13 Å². The number of thiazole rings is 2. The maximum atomic E-state index is 13.3. The number of carbonyl (C=O) groups is 1. The van der Waals surface area contributed by atoms with E-state index in [1.54, 1.807) is 16.2 Å². The maximum absolute atomic E-state index is 13.3. The lowest BCUT2D eigenvalue weighted by molar-refractivity contribution is -0.116. The van der Waals surface area contributed by atoms with Gasteiger partial charge in [-0.25, -0.2) is 9.97 Å². The number of carbonyl (C=O) groups excluding carboxylic acids is 1. The molecule has 7 nitrogen and oxygen atoms in total. The first-order valence-corrected chi connectivity index (χ1v) is 13.4. The van der Waals surface area contributed by atoms with Crippen molar-refractivity contribution in [2.45, 2.75) is 51.3 Å². The van der Waals surface area contributed by atoms with Gasteiger partial charge >= 0.3 is 0 Å². The summed E-state index contributed by atoms with van der Waals surface area (Å²) < 4.78 is 5.81. The van der Waals surface area contributed by atoms with Gasteiger partial charge in [0.25, 0.3) is 11.1 Å². The van der Waals surface area contributed by atoms with Crippen molar-refractivity contribution in [1.82, 2.24) is 20.2 Å². The Morgan fingerprint density at radius 2 is 1.91 bits per heavy atom. The van der Waals surface area contributed by atoms with Crippen molar-refractivity contribution >= 4 is 45.5 Å². The summed E-state index contributed by atoms with van der Waals surface area (Å²) in [5, 5.41) is 10.4. The number of benzene rings is 1. The maximum Gasteiger partial charge on any atom is 0.277 e. The molecule has 0 radical (unpaired) electrons. The van der Waals surface area contributed by atoms with Crippen molar-refractivity contribution in [2.24, 2.45) is 0 Å². The number of fused-ring (bicyclic) bond motifs is 1. The zero-order chi connectivity index (χ0) is 22.8. The van der Waals surface area contributed by atoms with Crippen LogP contribution in [0.15, 0.2) is 40.0 Å². The molecule has 1 aliphatic rings. The topological polar surface area (TPSA) is 85.0 Å². The van der Waals surface area contributed by atoms with E-state index < -0.39 is 0 Å². The van der Waals surface area contributed by atoms with E-state index >= 15 is 0 Å². The van der Waals surface area contributed by atoms with Crippen molar-refractivity contribution < 1.29 is 9.21 Å². The number of rotatable bonds is 7. The monoisotopic (exact) mass is 497 g/mol. The summed E-state index contributed by atoms with van der Waals surface area (Å²) in [5.41, 5.74) is 3.09. The fourth-order valence-corrected chi connectivity index (χ4v) is 6.42. The minimum atomic E-state index is -0.0282. The highest BCUT2D eigenvalue weighted by molar-refractivity contribution is 7.99. The van der Waals surface area contributed by atoms with Gasteiger partial charge in [0, 0.05) is 4.88 Å². The SMILES string of the molecule is Cc1nc(C)c(-c2nnc(SCC(=O)N(Cc3ccccc3)c3nc4c(s3)CCCC4)o2)s1. The zero-order valence-corrected chi connectivity index (χ0v) is 20.9. The highest BCUT2D eigenvalue weighted by atomic mass is 32.2. The average Bonchev–Trinajstić information content (AvgIpc) is 3.54. The summed E-state index contributed by atoms with van der Waals surface area (Å²) >= 11 is 4.42. The van der Waals surface area contributed by atoms with Gasteiger partial charge in [-0.3, -0.25) is 9.69 Å². The Balaban J connectivity index is 1.33. The quantitative estimate of drug-likeness (QED) is 0.313. The molecule has 0 unspecified atom stereocenters. The minimum absolute atomic E-state index is 0.0282. The second kappa shape index (κ2) is 9.74. The Kier molecular flexibility index (Phi) is 6.57. The number of amides is 1. The molecule has 0 bridgehead atoms. The molecule has 3 aromatic heterocycles. The molecule has 1 amide bonds. The lowest BCUT2D eigenvalue weighted by Crippen LogP contribution is -2.31. The van der Waals surface area contributed by atoms with Crippen molar-refractivity contribution in [3.8, 4) is 10.8 Å². The van der Waals surface area contributed by atoms with Gasteiger partial charge in [-0.15, -0.1) is 32.9 Å². The smallest absolute Gasteiger partial charge is 0.277 e. The fourth-order valence-electron chi connectivity index (χ4n) is 3.77. The number of aromatic nitrogens is 4. The largest absolute Gasteiger partial charge is 0.410 e. The van der Waals surface area contributed by atoms with Crippen molar-refractivity contribution in [3.63, 3.8) is 0 Å². The van der Waals surface area contributed by atoms with E-state index in [0.29, 0.717) is 17.7 Å². The molecule has 0 aliphatic heterocycles. The number of nitrogens with zero attached hydrogens (tertiary/aromatic N) is 5. The second-order valence-corrected chi connectivity index (χ2v) is 11.0. The Bertz CT molecular complexity index is 1240. The van der Waals surface area contributed by atoms with Crippen LogP contribution < -0.4 is 4.90 Å². The molecule has 1 aliphatic carbocycles. The van der Waals surface area contributed by atoms with Crippen LogP contribution in [0.3, 0.4) is 0 Å². The molecule has 0 atom stereocenters. The molecule has 0 fully saturated rings. The summed E-state index contributed by atoms with van der Waals surface area (Å²) in [6.07, 6.45) is 4.40. The molecule has 33 heavy (non-hydrogen) atoms. The predicted octanol–water partition coefficient (Wildman–Crippen LogP) is 5.47. The van der Waals surface area contributed by atoms with E-state index in [0.717, 1.165) is 51.2 Å². The van der Waals surface area contributed by atoms with Crippen molar-refractivity contribution in [3.05, 3.63) is 57.2 Å². The molecule has 0 N–H and O–H groups in total. The molecule has 10 heteroatoms. The van der Waals surface area contributed by atoms with Gasteiger partial charge < -0.3 is 4.42 Å². The first-order valence-electron chi connectivity index (χ1n) is 10.8. The van der Waals surface area contributed by atoms with Crippen molar-refractivity contribution in [1.29, 1.82) is 0 Å². The van der Waals surface area contributed by atoms with Gasteiger partial charge in [0.1, 0.15) is 4.88 Å². The van der Waals surface area contributed by atoms with Crippen LogP contribution in [0.2, 0.25) is 0 Å². The summed E-state index contributed by atoms with van der Waals surface area (Å²) in [5.74, 6) is 0.612. The lowest BCUT2D eigenvalue weighted by Gasteiger charge is -2.19. The number of hydrogen-bond acceptors (Lipinski definition) is 9. The Labute approximate surface area is 204 Å². The second-order valence-electron chi connectivity index (χ2n) is 7.85. The van der Waals surface area contributed by atoms with Crippen LogP contribution in [0.25, 0.3) is 10.8 Å². The Morgan fingerprint density at radius 3 is 2.67 bits per heavy atom. The molecular weight excluding hydrogens is 474 g/mol. The Hall–Kier alpha value is -2.56. The van der Waals surface area contributed by atoms with Gasteiger partial charge in [0.05, 0.1) is 28.7 Å². The highest BCUT2D eigenvalue weighted by Crippen LogP contribution is 2.34. The van der Waals surface area contributed by atoms with Crippen LogP contribution in [0, 0.1) is 13.8 Å². The molecule has 1 aromatic carbocycles. The third-order valence-corrected chi connectivity index (χ3v) is 8.42. The van der Waals surface area contributed by atoms with E-state index in [1.807, 2.05) is 44.2 Å². The number of anilines is 1. The van der Waals surface area contributed by atoms with Crippen LogP contribution >= 0.6 is 34.4 Å². The van der Waals surface area contributed by atoms with Gasteiger partial charge in [-0.2, -0.15) is 0 Å². The first kappa shape index (κ1) is 22.2. The lowest BCUT2D eigenvalue weighted by atomic mass is 10.0. The van der Waals surface area contributed by atoms with E-state index in [-0.39, 0.29) is 11.7 Å². The van der Waals surface area contributed by atoms with E-state index in [1.165, 1.54) is 34.4 Å². The van der Waals surface area contributed by atoms with Gasteiger partial charge in [0.2, 0.25) is 5.91 Å². The average molecular weight is 498 g/mol. The van der Waals surface area contributed by atoms with Crippen LogP contribution in [-0.2, 0) is 24.2 Å². The molecule has 0 spiro atoms. The standard InChI is InChI=1S/C23H23N5O2S3/c1-14-20(32-15(2)24-14)21-26-27-23(30-21)31-13-19(29)28(12-16-8-4-3-5-9-16)22-25-17-10-6-7-11-18(17)33-22/h3-5,8-9H,6-7,10-13H2,1-2H3. The molecule has 3 heterocycles. The van der Waals surface area contributed by atoms with Gasteiger partial charge in [-0.05, 0) is 45.1 Å². The molecule has 0 saturated heterocycles. The third kappa shape index (κ3) is 5.02. The first-order chi connectivity index (χ1) is 16.1. The zero-order valence-electron chi connectivity index (χ0n) is 18.4. The summed E-state index contributed by atoms with van der Waals surface area (Å²) in [7, 11) is 0. The van der Waals surface area contributed by atoms with Crippen molar-refractivity contribution in [2.75, 3.05) is 10.7 Å². The van der Waals surface area contributed by atoms with Gasteiger partial charge in [-0.1, -0.05) is 42.1 Å². The number of aryl methyl sites for hydroxylation is 4. The van der Waals surface area contributed by atoms with E-state index in [4.69, 9.17) is 9.40 Å². The summed E-state index contributed by atoms with van der Waals surface area (Å²) in [4.78, 5) is 26.6. The van der Waals surface area contributed by atoms with E-state index in [9.17, 15) is 4.79 Å². The fraction of sp³-hybridized carbons (Fsp3) is 0.348. The van der Waals surface area contributed by atoms with E-state index in [2.05, 4.69) is 15.2 Å². The number of hydrogen-bond donors (Lipinski definition) is 0. The molecule has 5 rings (SSSR count). The summed E-state index contributed by atoms with van der Waals surface area (Å²) in [6, 6.07) is 10.0. The molecule has 0 saturated carbocycles. The third-order valence-electron chi connectivity index (χ3n) is 5.37. The Morgan fingerprint density at radius 1 is 1.09 bits per heavy atom. The molecule has 4 aromatic rings. The minimum Gasteiger partial charge on any atom is -0.410 e. The molecule has 170 valence electrons. The molecular formula is C23H23N5O2S3. The normalized spacial score (nSPS) is 13.2. The van der Waals surface area contributed by atoms with Gasteiger partial charge in [0.15, 0.2) is 5.13 Å². The van der Waals surface area contributed by atoms with Crippen LogP contribution in [0.5, 0.6) is 0 Å².